The first-order valence-corrected chi connectivity index (χ1v) is 7.50. The molecule has 3 aromatic rings. The largest absolute Gasteiger partial charge is 0.484 e. The number of nitrogens with one attached hydrogen (secondary N) is 1. The number of carbonyl (C=O) groups is 1. The van der Waals surface area contributed by atoms with E-state index < -0.39 is 0 Å². The van der Waals surface area contributed by atoms with E-state index in [4.69, 9.17) is 9.15 Å². The van der Waals surface area contributed by atoms with E-state index in [0.29, 0.717) is 11.6 Å². The van der Waals surface area contributed by atoms with Gasteiger partial charge in [-0.2, -0.15) is 0 Å². The standard InChI is InChI=1S/C18H17N3O3/c1-12-8-9-14(10-13(12)2)17-20-21-18(24-17)19-16(22)11-23-15-6-4-3-5-7-15/h3-10H,11H2,1-2H3,(H,19,21,22). The molecule has 0 saturated carbocycles. The Bertz CT molecular complexity index is 844. The van der Waals surface area contributed by atoms with Crippen LogP contribution in [0.1, 0.15) is 11.1 Å². The number of amides is 1. The fraction of sp³-hybridized carbons (Fsp3) is 0.167. The number of ether oxygens (including phenoxy) is 1. The maximum atomic E-state index is 11.9. The molecule has 0 fully saturated rings. The number of carbonyl (C=O) groups excluding carboxylic acids is 1. The highest BCUT2D eigenvalue weighted by Gasteiger charge is 2.12. The fourth-order valence-corrected chi connectivity index (χ4v) is 2.09. The van der Waals surface area contributed by atoms with Crippen LogP contribution in [0.4, 0.5) is 6.01 Å². The molecule has 0 unspecified atom stereocenters. The first-order valence-electron chi connectivity index (χ1n) is 7.50. The third-order valence-electron chi connectivity index (χ3n) is 3.54. The van der Waals surface area contributed by atoms with Crippen molar-refractivity contribution in [3.63, 3.8) is 0 Å². The highest BCUT2D eigenvalue weighted by Crippen LogP contribution is 2.22. The summed E-state index contributed by atoms with van der Waals surface area (Å²) in [5.74, 6) is 0.612. The molecule has 6 heteroatoms. The van der Waals surface area contributed by atoms with Gasteiger partial charge in [0.25, 0.3) is 5.91 Å². The second-order valence-electron chi connectivity index (χ2n) is 5.36. The summed E-state index contributed by atoms with van der Waals surface area (Å²) in [5, 5.41) is 10.3. The maximum Gasteiger partial charge on any atom is 0.322 e. The maximum absolute atomic E-state index is 11.9. The number of para-hydroxylation sites is 1. The van der Waals surface area contributed by atoms with Gasteiger partial charge in [0, 0.05) is 5.56 Å². The lowest BCUT2D eigenvalue weighted by molar-refractivity contribution is -0.118. The summed E-state index contributed by atoms with van der Waals surface area (Å²) in [6.45, 7) is 3.91. The van der Waals surface area contributed by atoms with Gasteiger partial charge in [-0.25, -0.2) is 0 Å². The first kappa shape index (κ1) is 15.7. The topological polar surface area (TPSA) is 77.2 Å². The van der Waals surface area contributed by atoms with Crippen LogP contribution in [0.15, 0.2) is 52.9 Å². The molecule has 0 radical (unpaired) electrons. The van der Waals surface area contributed by atoms with Crippen LogP contribution in [0.5, 0.6) is 5.75 Å². The zero-order valence-electron chi connectivity index (χ0n) is 13.4. The van der Waals surface area contributed by atoms with Crippen molar-refractivity contribution in [2.24, 2.45) is 0 Å². The van der Waals surface area contributed by atoms with Crippen LogP contribution in [-0.4, -0.2) is 22.7 Å². The molecule has 2 aromatic carbocycles. The van der Waals surface area contributed by atoms with Gasteiger partial charge in [-0.15, -0.1) is 5.10 Å². The summed E-state index contributed by atoms with van der Waals surface area (Å²) in [7, 11) is 0. The van der Waals surface area contributed by atoms with Gasteiger partial charge < -0.3 is 9.15 Å². The van der Waals surface area contributed by atoms with Crippen molar-refractivity contribution in [3.05, 3.63) is 59.7 Å². The number of aromatic nitrogens is 2. The summed E-state index contributed by atoms with van der Waals surface area (Å²) in [4.78, 5) is 11.9. The van der Waals surface area contributed by atoms with Gasteiger partial charge in [0.1, 0.15) is 5.75 Å². The highest BCUT2D eigenvalue weighted by molar-refractivity contribution is 5.89. The van der Waals surface area contributed by atoms with Crippen LogP contribution in [0.3, 0.4) is 0 Å². The van der Waals surface area contributed by atoms with Crippen molar-refractivity contribution < 1.29 is 13.9 Å². The molecule has 0 aliphatic heterocycles. The van der Waals surface area contributed by atoms with Crippen LogP contribution in [-0.2, 0) is 4.79 Å². The summed E-state index contributed by atoms with van der Waals surface area (Å²) in [6.07, 6.45) is 0. The van der Waals surface area contributed by atoms with Crippen molar-refractivity contribution >= 4 is 11.9 Å². The second kappa shape index (κ2) is 6.95. The molecule has 1 amide bonds. The third kappa shape index (κ3) is 3.78. The monoisotopic (exact) mass is 323 g/mol. The summed E-state index contributed by atoms with van der Waals surface area (Å²) < 4.78 is 10.8. The summed E-state index contributed by atoms with van der Waals surface area (Å²) >= 11 is 0. The molecular weight excluding hydrogens is 306 g/mol. The molecule has 0 spiro atoms. The molecule has 0 aliphatic rings. The number of rotatable bonds is 5. The average Bonchev–Trinajstić information content (AvgIpc) is 3.05. The van der Waals surface area contributed by atoms with E-state index in [1.165, 1.54) is 5.56 Å². The van der Waals surface area contributed by atoms with E-state index in [9.17, 15) is 4.79 Å². The van der Waals surface area contributed by atoms with E-state index in [2.05, 4.69) is 15.5 Å². The Morgan fingerprint density at radius 3 is 2.62 bits per heavy atom. The molecule has 3 rings (SSSR count). The van der Waals surface area contributed by atoms with Gasteiger partial charge in [0.15, 0.2) is 6.61 Å². The molecule has 0 bridgehead atoms. The van der Waals surface area contributed by atoms with Gasteiger partial charge in [-0.1, -0.05) is 29.4 Å². The highest BCUT2D eigenvalue weighted by atomic mass is 16.5. The van der Waals surface area contributed by atoms with Crippen molar-refractivity contribution in [3.8, 4) is 17.2 Å². The van der Waals surface area contributed by atoms with Crippen molar-refractivity contribution in [1.82, 2.24) is 10.2 Å². The van der Waals surface area contributed by atoms with Gasteiger partial charge in [0.05, 0.1) is 0 Å². The smallest absolute Gasteiger partial charge is 0.322 e. The van der Waals surface area contributed by atoms with Crippen LogP contribution in [0.25, 0.3) is 11.5 Å². The lowest BCUT2D eigenvalue weighted by atomic mass is 10.1. The molecule has 0 atom stereocenters. The lowest BCUT2D eigenvalue weighted by Gasteiger charge is -2.04. The van der Waals surface area contributed by atoms with E-state index in [0.717, 1.165) is 11.1 Å². The van der Waals surface area contributed by atoms with Crippen LogP contribution in [0.2, 0.25) is 0 Å². The molecule has 122 valence electrons. The molecule has 1 heterocycles. The zero-order chi connectivity index (χ0) is 16.9. The Balaban J connectivity index is 1.61. The van der Waals surface area contributed by atoms with Crippen LogP contribution < -0.4 is 10.1 Å². The molecule has 0 saturated heterocycles. The van der Waals surface area contributed by atoms with E-state index in [1.54, 1.807) is 12.1 Å². The van der Waals surface area contributed by atoms with Gasteiger partial charge >= 0.3 is 6.01 Å². The third-order valence-corrected chi connectivity index (χ3v) is 3.54. The zero-order valence-corrected chi connectivity index (χ0v) is 13.4. The Hall–Kier alpha value is -3.15. The second-order valence-corrected chi connectivity index (χ2v) is 5.36. The number of hydrogen-bond acceptors (Lipinski definition) is 5. The average molecular weight is 323 g/mol. The van der Waals surface area contributed by atoms with Crippen LogP contribution >= 0.6 is 0 Å². The minimum atomic E-state index is -0.367. The summed E-state index contributed by atoms with van der Waals surface area (Å²) in [5.41, 5.74) is 3.13. The SMILES string of the molecule is Cc1ccc(-c2nnc(NC(=O)COc3ccccc3)o2)cc1C. The number of nitrogens with zero attached hydrogens (tertiary/aromatic N) is 2. The number of aryl methyl sites for hydroxylation is 2. The Kier molecular flexibility index (Phi) is 4.56. The quantitative estimate of drug-likeness (QED) is 0.779. The molecule has 24 heavy (non-hydrogen) atoms. The number of hydrogen-bond donors (Lipinski definition) is 1. The predicted octanol–water partition coefficient (Wildman–Crippen LogP) is 3.37. The predicted molar refractivity (Wildman–Crippen MR) is 89.8 cm³/mol. The number of benzene rings is 2. The molecule has 6 nitrogen and oxygen atoms in total. The van der Waals surface area contributed by atoms with E-state index in [-0.39, 0.29) is 18.5 Å². The molecule has 1 N–H and O–H groups in total. The number of anilines is 1. The van der Waals surface area contributed by atoms with E-state index >= 15 is 0 Å². The van der Waals surface area contributed by atoms with E-state index in [1.807, 2.05) is 50.2 Å². The Morgan fingerprint density at radius 2 is 1.88 bits per heavy atom. The van der Waals surface area contributed by atoms with Crippen LogP contribution in [0, 0.1) is 13.8 Å². The summed E-state index contributed by atoms with van der Waals surface area (Å²) in [6, 6.07) is 15.0. The fourth-order valence-electron chi connectivity index (χ4n) is 2.09. The van der Waals surface area contributed by atoms with Gasteiger partial charge in [-0.05, 0) is 49.2 Å². The minimum Gasteiger partial charge on any atom is -0.484 e. The lowest BCUT2D eigenvalue weighted by Crippen LogP contribution is -2.20. The van der Waals surface area contributed by atoms with Gasteiger partial charge in [0.2, 0.25) is 5.89 Å². The molecule has 0 aliphatic carbocycles. The first-order chi connectivity index (χ1) is 11.6. The normalized spacial score (nSPS) is 10.4. The van der Waals surface area contributed by atoms with Gasteiger partial charge in [-0.3, -0.25) is 10.1 Å². The molecule has 1 aromatic heterocycles. The minimum absolute atomic E-state index is 0.0462. The Labute approximate surface area is 139 Å². The van der Waals surface area contributed by atoms with Crippen molar-refractivity contribution in [2.75, 3.05) is 11.9 Å². The molecular formula is C18H17N3O3. The van der Waals surface area contributed by atoms with Crippen molar-refractivity contribution in [1.29, 1.82) is 0 Å². The van der Waals surface area contributed by atoms with Crippen molar-refractivity contribution in [2.45, 2.75) is 13.8 Å². The Morgan fingerprint density at radius 1 is 1.08 bits per heavy atom.